The summed E-state index contributed by atoms with van der Waals surface area (Å²) < 4.78 is 45.1. The molecule has 0 fully saturated rings. The highest BCUT2D eigenvalue weighted by atomic mass is 19.4. The second-order valence-corrected chi connectivity index (χ2v) is 3.57. The molecule has 0 radical (unpaired) electrons. The first-order valence-electron chi connectivity index (χ1n) is 4.80. The Kier molecular flexibility index (Phi) is 3.85. The van der Waals surface area contributed by atoms with Crippen molar-refractivity contribution in [1.29, 1.82) is 0 Å². The van der Waals surface area contributed by atoms with Crippen LogP contribution in [0.3, 0.4) is 0 Å². The standard InChI is InChI=1S/C10H14F3NO2/c1-6-3-8(15-2)9(4-7(6)5-14)16-10(11,12)13/h4,6H,3,5,14H2,1-2H3. The Morgan fingerprint density at radius 1 is 1.50 bits per heavy atom. The van der Waals surface area contributed by atoms with Gasteiger partial charge in [-0.05, 0) is 17.6 Å². The van der Waals surface area contributed by atoms with Crippen molar-refractivity contribution in [2.45, 2.75) is 19.7 Å². The molecular formula is C10H14F3NO2. The van der Waals surface area contributed by atoms with Gasteiger partial charge in [0.05, 0.1) is 7.11 Å². The minimum Gasteiger partial charge on any atom is -0.497 e. The van der Waals surface area contributed by atoms with Gasteiger partial charge in [0.15, 0.2) is 5.76 Å². The molecule has 0 heterocycles. The van der Waals surface area contributed by atoms with Crippen molar-refractivity contribution in [1.82, 2.24) is 0 Å². The zero-order valence-electron chi connectivity index (χ0n) is 9.10. The Morgan fingerprint density at radius 2 is 2.12 bits per heavy atom. The van der Waals surface area contributed by atoms with Gasteiger partial charge in [-0.15, -0.1) is 13.2 Å². The normalized spacial score (nSPS) is 21.9. The molecule has 1 atom stereocenters. The van der Waals surface area contributed by atoms with Crippen LogP contribution in [0.25, 0.3) is 0 Å². The summed E-state index contributed by atoms with van der Waals surface area (Å²) in [7, 11) is 1.32. The molecule has 0 spiro atoms. The maximum Gasteiger partial charge on any atom is 0.573 e. The maximum atomic E-state index is 12.1. The van der Waals surface area contributed by atoms with Crippen molar-refractivity contribution in [3.63, 3.8) is 0 Å². The van der Waals surface area contributed by atoms with Gasteiger partial charge in [0, 0.05) is 13.0 Å². The summed E-state index contributed by atoms with van der Waals surface area (Å²) in [6, 6.07) is 0. The molecule has 0 aliphatic heterocycles. The van der Waals surface area contributed by atoms with E-state index in [4.69, 9.17) is 10.5 Å². The fourth-order valence-electron chi connectivity index (χ4n) is 1.56. The highest BCUT2D eigenvalue weighted by Gasteiger charge is 2.34. The highest BCUT2D eigenvalue weighted by molar-refractivity contribution is 5.29. The second kappa shape index (κ2) is 4.78. The monoisotopic (exact) mass is 237 g/mol. The molecule has 3 nitrogen and oxygen atoms in total. The first kappa shape index (κ1) is 12.9. The number of alkyl halides is 3. The lowest BCUT2D eigenvalue weighted by atomic mass is 9.91. The van der Waals surface area contributed by atoms with E-state index in [1.54, 1.807) is 0 Å². The number of allylic oxidation sites excluding steroid dienone is 2. The first-order valence-corrected chi connectivity index (χ1v) is 4.80. The molecule has 0 aromatic rings. The molecule has 0 saturated heterocycles. The molecule has 16 heavy (non-hydrogen) atoms. The van der Waals surface area contributed by atoms with Gasteiger partial charge in [-0.2, -0.15) is 0 Å². The summed E-state index contributed by atoms with van der Waals surface area (Å²) in [6.07, 6.45) is -3.04. The highest BCUT2D eigenvalue weighted by Crippen LogP contribution is 2.33. The van der Waals surface area contributed by atoms with E-state index in [9.17, 15) is 13.2 Å². The Hall–Kier alpha value is -1.17. The first-order chi connectivity index (χ1) is 7.37. The predicted octanol–water partition coefficient (Wildman–Crippen LogP) is 2.31. The largest absolute Gasteiger partial charge is 0.573 e. The Morgan fingerprint density at radius 3 is 2.56 bits per heavy atom. The van der Waals surface area contributed by atoms with E-state index < -0.39 is 6.36 Å². The molecule has 0 bridgehead atoms. The summed E-state index contributed by atoms with van der Waals surface area (Å²) in [5.41, 5.74) is 6.16. The second-order valence-electron chi connectivity index (χ2n) is 3.57. The Balaban J connectivity index is 2.96. The van der Waals surface area contributed by atoms with E-state index in [1.165, 1.54) is 13.2 Å². The molecule has 92 valence electrons. The van der Waals surface area contributed by atoms with Gasteiger partial charge in [0.1, 0.15) is 5.76 Å². The number of ether oxygens (including phenoxy) is 2. The van der Waals surface area contributed by atoms with E-state index in [0.29, 0.717) is 6.42 Å². The van der Waals surface area contributed by atoms with E-state index in [0.717, 1.165) is 5.57 Å². The fourth-order valence-corrected chi connectivity index (χ4v) is 1.56. The summed E-state index contributed by atoms with van der Waals surface area (Å²) >= 11 is 0. The lowest BCUT2D eigenvalue weighted by molar-refractivity contribution is -0.304. The molecule has 1 aliphatic rings. The summed E-state index contributed by atoms with van der Waals surface area (Å²) in [6.45, 7) is 2.09. The quantitative estimate of drug-likeness (QED) is 0.819. The SMILES string of the molecule is COC1=C(OC(F)(F)F)C=C(CN)C(C)C1. The van der Waals surface area contributed by atoms with Gasteiger partial charge in [0.2, 0.25) is 0 Å². The van der Waals surface area contributed by atoms with Gasteiger partial charge >= 0.3 is 6.36 Å². The van der Waals surface area contributed by atoms with E-state index in [-0.39, 0.29) is 24.0 Å². The topological polar surface area (TPSA) is 44.5 Å². The van der Waals surface area contributed by atoms with Gasteiger partial charge in [-0.3, -0.25) is 0 Å². The molecule has 1 rings (SSSR count). The number of halogens is 3. The third-order valence-corrected chi connectivity index (χ3v) is 2.42. The number of rotatable bonds is 3. The van der Waals surface area contributed by atoms with Gasteiger partial charge in [0.25, 0.3) is 0 Å². The number of methoxy groups -OCH3 is 1. The van der Waals surface area contributed by atoms with Crippen LogP contribution >= 0.6 is 0 Å². The minimum absolute atomic E-state index is 0.0699. The van der Waals surface area contributed by atoms with Crippen LogP contribution in [0.5, 0.6) is 0 Å². The zero-order valence-corrected chi connectivity index (χ0v) is 9.10. The summed E-state index contributed by atoms with van der Waals surface area (Å²) in [5.74, 6) is -0.0314. The van der Waals surface area contributed by atoms with Gasteiger partial charge in [-0.25, -0.2) is 0 Å². The van der Waals surface area contributed by atoms with Crippen molar-refractivity contribution < 1.29 is 22.6 Å². The van der Waals surface area contributed by atoms with Crippen molar-refractivity contribution in [3.05, 3.63) is 23.2 Å². The molecule has 0 amide bonds. The van der Waals surface area contributed by atoms with Crippen LogP contribution < -0.4 is 5.73 Å². The van der Waals surface area contributed by atoms with Crippen molar-refractivity contribution in [2.75, 3.05) is 13.7 Å². The molecule has 0 aromatic heterocycles. The van der Waals surface area contributed by atoms with E-state index in [1.807, 2.05) is 6.92 Å². The van der Waals surface area contributed by atoms with Crippen LogP contribution in [0.2, 0.25) is 0 Å². The molecular weight excluding hydrogens is 223 g/mol. The van der Waals surface area contributed by atoms with Gasteiger partial charge < -0.3 is 15.2 Å². The third kappa shape index (κ3) is 3.16. The predicted molar refractivity (Wildman–Crippen MR) is 52.1 cm³/mol. The number of hydrogen-bond acceptors (Lipinski definition) is 3. The Labute approximate surface area is 91.7 Å². The lowest BCUT2D eigenvalue weighted by Crippen LogP contribution is -2.21. The maximum absolute atomic E-state index is 12.1. The van der Waals surface area contributed by atoms with Crippen LogP contribution in [0, 0.1) is 5.92 Å². The average Bonchev–Trinajstić information content (AvgIpc) is 2.18. The van der Waals surface area contributed by atoms with Crippen molar-refractivity contribution in [2.24, 2.45) is 11.7 Å². The third-order valence-electron chi connectivity index (χ3n) is 2.42. The lowest BCUT2D eigenvalue weighted by Gasteiger charge is -2.24. The summed E-state index contributed by atoms with van der Waals surface area (Å²) in [4.78, 5) is 0. The average molecular weight is 237 g/mol. The van der Waals surface area contributed by atoms with Gasteiger partial charge in [-0.1, -0.05) is 6.92 Å². The van der Waals surface area contributed by atoms with Crippen molar-refractivity contribution >= 4 is 0 Å². The molecule has 2 N–H and O–H groups in total. The zero-order chi connectivity index (χ0) is 12.3. The fraction of sp³-hybridized carbons (Fsp3) is 0.600. The summed E-state index contributed by atoms with van der Waals surface area (Å²) in [5, 5.41) is 0. The molecule has 0 saturated carbocycles. The molecule has 0 aromatic carbocycles. The molecule has 6 heteroatoms. The van der Waals surface area contributed by atoms with Crippen molar-refractivity contribution in [3.8, 4) is 0 Å². The van der Waals surface area contributed by atoms with Crippen LogP contribution in [-0.4, -0.2) is 20.0 Å². The van der Waals surface area contributed by atoms with Crippen LogP contribution in [0.4, 0.5) is 13.2 Å². The smallest absolute Gasteiger partial charge is 0.497 e. The van der Waals surface area contributed by atoms with Crippen LogP contribution in [0.15, 0.2) is 23.2 Å². The van der Waals surface area contributed by atoms with Crippen LogP contribution in [-0.2, 0) is 9.47 Å². The molecule has 1 unspecified atom stereocenters. The number of nitrogens with two attached hydrogens (primary N) is 1. The number of hydrogen-bond donors (Lipinski definition) is 1. The van der Waals surface area contributed by atoms with E-state index in [2.05, 4.69) is 4.74 Å². The van der Waals surface area contributed by atoms with E-state index >= 15 is 0 Å². The minimum atomic E-state index is -4.71. The van der Waals surface area contributed by atoms with Crippen LogP contribution in [0.1, 0.15) is 13.3 Å². The Bertz CT molecular complexity index is 321. The molecule has 1 aliphatic carbocycles.